The Kier molecular flexibility index (Phi) is 7.42. The van der Waals surface area contributed by atoms with E-state index in [-0.39, 0.29) is 29.7 Å². The normalized spacial score (nSPS) is 14.5. The van der Waals surface area contributed by atoms with Crippen LogP contribution < -0.4 is 15.2 Å². The van der Waals surface area contributed by atoms with Gasteiger partial charge in [0.05, 0.1) is 17.7 Å². The number of piperidine rings is 1. The molecular weight excluding hydrogens is 489 g/mol. The highest BCUT2D eigenvalue weighted by molar-refractivity contribution is 5.97. The number of nitrogens with zero attached hydrogens (tertiary/aromatic N) is 2. The molecule has 0 unspecified atom stereocenters. The molecule has 4 rings (SSSR count). The van der Waals surface area contributed by atoms with Crippen LogP contribution >= 0.6 is 0 Å². The van der Waals surface area contributed by atoms with Crippen molar-refractivity contribution in [1.29, 1.82) is 0 Å². The summed E-state index contributed by atoms with van der Waals surface area (Å²) in [6.45, 7) is 4.68. The minimum Gasteiger partial charge on any atom is -0.489 e. The summed E-state index contributed by atoms with van der Waals surface area (Å²) in [6.07, 6.45) is -3.78. The lowest BCUT2D eigenvalue weighted by Gasteiger charge is -2.32. The van der Waals surface area contributed by atoms with Crippen LogP contribution in [0.2, 0.25) is 0 Å². The molecule has 0 spiro atoms. The van der Waals surface area contributed by atoms with Gasteiger partial charge in [0, 0.05) is 37.2 Å². The van der Waals surface area contributed by atoms with Crippen LogP contribution in [0, 0.1) is 13.8 Å². The predicted molar refractivity (Wildman–Crippen MR) is 129 cm³/mol. The predicted octanol–water partition coefficient (Wildman–Crippen LogP) is 4.30. The van der Waals surface area contributed by atoms with Crippen molar-refractivity contribution in [3.63, 3.8) is 0 Å². The molecule has 2 amide bonds. The van der Waals surface area contributed by atoms with Crippen LogP contribution in [0.3, 0.4) is 0 Å². The summed E-state index contributed by atoms with van der Waals surface area (Å²) >= 11 is 0. The summed E-state index contributed by atoms with van der Waals surface area (Å²) in [5, 5.41) is 7.12. The number of nitrogens with two attached hydrogens (primary N) is 1. The third-order valence-corrected chi connectivity index (χ3v) is 6.26. The van der Waals surface area contributed by atoms with E-state index in [1.807, 2.05) is 19.9 Å². The van der Waals surface area contributed by atoms with Crippen molar-refractivity contribution in [3.05, 3.63) is 65.0 Å². The fourth-order valence-corrected chi connectivity index (χ4v) is 4.46. The molecule has 0 atom stereocenters. The summed E-state index contributed by atoms with van der Waals surface area (Å²) in [5.41, 5.74) is 9.90. The Morgan fingerprint density at radius 1 is 1.11 bits per heavy atom. The molecular formula is C26H27F3N4O4. The van der Waals surface area contributed by atoms with E-state index in [1.54, 1.807) is 17.0 Å². The van der Waals surface area contributed by atoms with Gasteiger partial charge in [0.2, 0.25) is 5.91 Å². The summed E-state index contributed by atoms with van der Waals surface area (Å²) in [5.74, 6) is -0.674. The maximum absolute atomic E-state index is 12.7. The van der Waals surface area contributed by atoms with Crippen molar-refractivity contribution in [1.82, 2.24) is 15.1 Å². The van der Waals surface area contributed by atoms with Gasteiger partial charge in [0.25, 0.3) is 5.91 Å². The van der Waals surface area contributed by atoms with E-state index < -0.39 is 12.3 Å². The van der Waals surface area contributed by atoms with Crippen LogP contribution in [-0.2, 0) is 11.2 Å². The van der Waals surface area contributed by atoms with Gasteiger partial charge in [-0.25, -0.2) is 0 Å². The summed E-state index contributed by atoms with van der Waals surface area (Å²) in [6, 6.07) is 10.5. The second-order valence-corrected chi connectivity index (χ2v) is 8.95. The zero-order chi connectivity index (χ0) is 26.7. The fraction of sp³-hybridized carbons (Fsp3) is 0.346. The molecule has 1 aliphatic heterocycles. The summed E-state index contributed by atoms with van der Waals surface area (Å²) in [4.78, 5) is 26.6. The number of primary amides is 1. The number of ether oxygens (including phenoxy) is 2. The van der Waals surface area contributed by atoms with Crippen molar-refractivity contribution >= 4 is 11.8 Å². The monoisotopic (exact) mass is 516 g/mol. The average molecular weight is 517 g/mol. The van der Waals surface area contributed by atoms with Gasteiger partial charge in [-0.1, -0.05) is 18.2 Å². The number of H-pyrrole nitrogens is 1. The van der Waals surface area contributed by atoms with Gasteiger partial charge in [-0.15, -0.1) is 13.2 Å². The van der Waals surface area contributed by atoms with E-state index >= 15 is 0 Å². The number of aromatic nitrogens is 2. The first-order chi connectivity index (χ1) is 17.5. The number of nitrogens with one attached hydrogen (secondary N) is 1. The second-order valence-electron chi connectivity index (χ2n) is 8.95. The number of hydrogen-bond donors (Lipinski definition) is 2. The first-order valence-corrected chi connectivity index (χ1v) is 11.7. The van der Waals surface area contributed by atoms with Crippen molar-refractivity contribution in [2.45, 2.75) is 45.6 Å². The van der Waals surface area contributed by atoms with E-state index in [4.69, 9.17) is 10.5 Å². The molecule has 2 aromatic carbocycles. The van der Waals surface area contributed by atoms with Crippen LogP contribution in [0.4, 0.5) is 13.2 Å². The lowest BCUT2D eigenvalue weighted by Crippen LogP contribution is -2.42. The Morgan fingerprint density at radius 3 is 2.35 bits per heavy atom. The Balaban J connectivity index is 1.35. The minimum absolute atomic E-state index is 0.0674. The zero-order valence-corrected chi connectivity index (χ0v) is 20.4. The molecule has 0 saturated carbocycles. The van der Waals surface area contributed by atoms with Crippen LogP contribution in [0.25, 0.3) is 11.1 Å². The number of aryl methyl sites for hydroxylation is 2. The number of hydrogen-bond acceptors (Lipinski definition) is 5. The largest absolute Gasteiger partial charge is 0.573 e. The Hall–Kier alpha value is -4.02. The van der Waals surface area contributed by atoms with E-state index in [0.29, 0.717) is 37.2 Å². The Bertz CT molecular complexity index is 1260. The number of rotatable bonds is 7. The molecule has 0 bridgehead atoms. The van der Waals surface area contributed by atoms with Crippen LogP contribution in [-0.4, -0.2) is 52.5 Å². The molecule has 1 aliphatic rings. The standard InChI is InChI=1S/C26H27F3N4O4/c1-15-24(16(2)32-31-15)18-5-8-22(21(14-18)25(30)35)36-19-9-11-33(12-10-19)23(34)13-17-3-6-20(7-4-17)37-26(27,28)29/h3-8,14,19H,9-13H2,1-2H3,(H2,30,35)(H,31,32). The number of halogens is 3. The first kappa shape index (κ1) is 26.1. The highest BCUT2D eigenvalue weighted by Gasteiger charge is 2.31. The molecule has 37 heavy (non-hydrogen) atoms. The lowest BCUT2D eigenvalue weighted by atomic mass is 10.00. The van der Waals surface area contributed by atoms with Crippen molar-refractivity contribution in [2.24, 2.45) is 5.73 Å². The molecule has 0 radical (unpaired) electrons. The average Bonchev–Trinajstić information content (AvgIpc) is 3.18. The van der Waals surface area contributed by atoms with E-state index in [1.165, 1.54) is 24.3 Å². The lowest BCUT2D eigenvalue weighted by molar-refractivity contribution is -0.274. The van der Waals surface area contributed by atoms with Crippen LogP contribution in [0.5, 0.6) is 11.5 Å². The minimum atomic E-state index is -4.76. The third-order valence-electron chi connectivity index (χ3n) is 6.26. The van der Waals surface area contributed by atoms with E-state index in [0.717, 1.165) is 22.5 Å². The molecule has 1 aromatic heterocycles. The highest BCUT2D eigenvalue weighted by atomic mass is 19.4. The second kappa shape index (κ2) is 10.5. The molecule has 3 N–H and O–H groups in total. The van der Waals surface area contributed by atoms with Gasteiger partial charge in [-0.3, -0.25) is 14.7 Å². The molecule has 8 nitrogen and oxygen atoms in total. The number of carbonyl (C=O) groups is 2. The van der Waals surface area contributed by atoms with E-state index in [9.17, 15) is 22.8 Å². The van der Waals surface area contributed by atoms with Crippen molar-refractivity contribution in [3.8, 4) is 22.6 Å². The third kappa shape index (κ3) is 6.41. The van der Waals surface area contributed by atoms with Crippen molar-refractivity contribution in [2.75, 3.05) is 13.1 Å². The van der Waals surface area contributed by atoms with E-state index in [2.05, 4.69) is 14.9 Å². The maximum atomic E-state index is 12.7. The number of aromatic amines is 1. The Labute approximate surface area is 211 Å². The van der Waals surface area contributed by atoms with Crippen molar-refractivity contribution < 1.29 is 32.2 Å². The topological polar surface area (TPSA) is 111 Å². The molecule has 2 heterocycles. The van der Waals surface area contributed by atoms with Gasteiger partial charge < -0.3 is 20.1 Å². The van der Waals surface area contributed by atoms with Gasteiger partial charge in [-0.2, -0.15) is 5.10 Å². The maximum Gasteiger partial charge on any atom is 0.573 e. The molecule has 1 fully saturated rings. The number of alkyl halides is 3. The SMILES string of the molecule is Cc1n[nH]c(C)c1-c1ccc(OC2CCN(C(=O)Cc3ccc(OC(F)(F)F)cc3)CC2)c(C(N)=O)c1. The fourth-order valence-electron chi connectivity index (χ4n) is 4.46. The van der Waals surface area contributed by atoms with Gasteiger partial charge >= 0.3 is 6.36 Å². The quantitative estimate of drug-likeness (QED) is 0.487. The highest BCUT2D eigenvalue weighted by Crippen LogP contribution is 2.31. The molecule has 11 heteroatoms. The zero-order valence-electron chi connectivity index (χ0n) is 20.4. The molecule has 3 aromatic rings. The molecule has 1 saturated heterocycles. The number of likely N-dealkylation sites (tertiary alicyclic amines) is 1. The van der Waals surface area contributed by atoms with Crippen LogP contribution in [0.1, 0.15) is 40.2 Å². The molecule has 0 aliphatic carbocycles. The number of amides is 2. The smallest absolute Gasteiger partial charge is 0.489 e. The Morgan fingerprint density at radius 2 is 1.78 bits per heavy atom. The number of benzene rings is 2. The number of carbonyl (C=O) groups excluding carboxylic acids is 2. The van der Waals surface area contributed by atoms with Gasteiger partial charge in [-0.05, 0) is 49.2 Å². The van der Waals surface area contributed by atoms with Gasteiger partial charge in [0.1, 0.15) is 17.6 Å². The summed E-state index contributed by atoms with van der Waals surface area (Å²) in [7, 11) is 0. The van der Waals surface area contributed by atoms with Gasteiger partial charge in [0.15, 0.2) is 0 Å². The first-order valence-electron chi connectivity index (χ1n) is 11.7. The molecule has 196 valence electrons. The van der Waals surface area contributed by atoms with Crippen LogP contribution in [0.15, 0.2) is 42.5 Å². The summed E-state index contributed by atoms with van der Waals surface area (Å²) < 4.78 is 46.9.